The lowest BCUT2D eigenvalue weighted by Crippen LogP contribution is -2.36. The summed E-state index contributed by atoms with van der Waals surface area (Å²) in [5.74, 6) is 1.57. The van der Waals surface area contributed by atoms with E-state index in [2.05, 4.69) is 56.8 Å². The number of aliphatic hydroxyl groups excluding tert-OH is 1. The summed E-state index contributed by atoms with van der Waals surface area (Å²) in [6.45, 7) is 4.50. The number of piperidine rings is 1. The normalized spacial score (nSPS) is 23.7. The molecule has 2 aromatic carbocycles. The molecule has 1 aliphatic heterocycles. The molecule has 0 radical (unpaired) electrons. The SMILES string of the molecule is Cc1ccc(CN2CC3CCC2C3Nc2ccc3[nH]ncc3c2)cc1OCCO. The highest BCUT2D eigenvalue weighted by Crippen LogP contribution is 2.40. The minimum Gasteiger partial charge on any atom is -0.491 e. The second-order valence-corrected chi connectivity index (χ2v) is 8.35. The van der Waals surface area contributed by atoms with E-state index in [4.69, 9.17) is 9.84 Å². The first-order valence-corrected chi connectivity index (χ1v) is 10.5. The van der Waals surface area contributed by atoms with Gasteiger partial charge in [-0.1, -0.05) is 12.1 Å². The van der Waals surface area contributed by atoms with Crippen LogP contribution in [-0.4, -0.2) is 52.0 Å². The van der Waals surface area contributed by atoms with E-state index < -0.39 is 0 Å². The van der Waals surface area contributed by atoms with Gasteiger partial charge >= 0.3 is 0 Å². The predicted octanol–water partition coefficient (Wildman–Crippen LogP) is 3.32. The fourth-order valence-electron chi connectivity index (χ4n) is 5.02. The number of hydrogen-bond donors (Lipinski definition) is 3. The number of ether oxygens (including phenoxy) is 1. The third-order valence-electron chi connectivity index (χ3n) is 6.45. The molecule has 6 nitrogen and oxygen atoms in total. The van der Waals surface area contributed by atoms with E-state index in [-0.39, 0.29) is 6.61 Å². The maximum atomic E-state index is 9.04. The highest BCUT2D eigenvalue weighted by Gasteiger charge is 2.46. The molecule has 29 heavy (non-hydrogen) atoms. The Bertz CT molecular complexity index is 1000. The van der Waals surface area contributed by atoms with Crippen molar-refractivity contribution < 1.29 is 9.84 Å². The third kappa shape index (κ3) is 3.58. The van der Waals surface area contributed by atoms with Gasteiger partial charge in [-0.3, -0.25) is 10.00 Å². The monoisotopic (exact) mass is 392 g/mol. The van der Waals surface area contributed by atoms with Gasteiger partial charge in [0.25, 0.3) is 0 Å². The molecule has 0 amide bonds. The van der Waals surface area contributed by atoms with Crippen molar-refractivity contribution in [1.82, 2.24) is 15.1 Å². The van der Waals surface area contributed by atoms with Crippen LogP contribution in [0.5, 0.6) is 5.75 Å². The Morgan fingerprint density at radius 1 is 1.24 bits per heavy atom. The average Bonchev–Trinajstić information content (AvgIpc) is 3.43. The van der Waals surface area contributed by atoms with Crippen molar-refractivity contribution in [2.75, 3.05) is 25.1 Å². The Hall–Kier alpha value is -2.57. The van der Waals surface area contributed by atoms with E-state index in [1.807, 2.05) is 13.1 Å². The van der Waals surface area contributed by atoms with Crippen molar-refractivity contribution in [3.05, 3.63) is 53.7 Å². The molecule has 3 N–H and O–H groups in total. The van der Waals surface area contributed by atoms with Gasteiger partial charge in [-0.25, -0.2) is 0 Å². The largest absolute Gasteiger partial charge is 0.491 e. The number of aryl methyl sites for hydroxylation is 1. The molecular weight excluding hydrogens is 364 g/mol. The van der Waals surface area contributed by atoms with Crippen LogP contribution in [0, 0.1) is 12.8 Å². The van der Waals surface area contributed by atoms with Gasteiger partial charge in [0, 0.05) is 36.2 Å². The molecule has 2 fully saturated rings. The van der Waals surface area contributed by atoms with Gasteiger partial charge in [0.2, 0.25) is 0 Å². The van der Waals surface area contributed by atoms with Crippen LogP contribution < -0.4 is 10.1 Å². The Labute approximate surface area is 170 Å². The summed E-state index contributed by atoms with van der Waals surface area (Å²) in [5, 5.41) is 21.1. The lowest BCUT2D eigenvalue weighted by atomic mass is 10.1. The van der Waals surface area contributed by atoms with E-state index in [0.29, 0.717) is 24.6 Å². The van der Waals surface area contributed by atoms with Crippen LogP contribution in [-0.2, 0) is 6.54 Å². The number of rotatable bonds is 7. The number of fused-ring (bicyclic) bond motifs is 3. The summed E-state index contributed by atoms with van der Waals surface area (Å²) in [5.41, 5.74) is 4.64. The standard InChI is InChI=1S/C23H28N4O2/c1-15-2-3-16(10-22(15)29-9-8-28)13-27-14-17-4-7-21(27)23(17)25-19-5-6-20-18(11-19)12-24-26-20/h2-3,5-6,10-12,17,21,23,25,28H,4,7-9,13-14H2,1H3,(H,24,26). The van der Waals surface area contributed by atoms with Crippen LogP contribution in [0.2, 0.25) is 0 Å². The Morgan fingerprint density at radius 3 is 3.07 bits per heavy atom. The molecule has 3 aromatic rings. The molecule has 1 saturated carbocycles. The number of likely N-dealkylation sites (tertiary alicyclic amines) is 1. The first kappa shape index (κ1) is 18.5. The molecule has 1 aliphatic carbocycles. The van der Waals surface area contributed by atoms with Crippen LogP contribution in [0.15, 0.2) is 42.6 Å². The topological polar surface area (TPSA) is 73.4 Å². The van der Waals surface area contributed by atoms with Crippen LogP contribution in [0.4, 0.5) is 5.69 Å². The molecule has 1 aromatic heterocycles. The Balaban J connectivity index is 1.28. The number of aliphatic hydroxyl groups is 1. The minimum absolute atomic E-state index is 0.0392. The number of hydrogen-bond acceptors (Lipinski definition) is 5. The predicted molar refractivity (Wildman–Crippen MR) is 114 cm³/mol. The van der Waals surface area contributed by atoms with Crippen LogP contribution in [0.3, 0.4) is 0 Å². The van der Waals surface area contributed by atoms with Gasteiger partial charge in [0.1, 0.15) is 12.4 Å². The molecule has 5 rings (SSSR count). The van der Waals surface area contributed by atoms with Crippen molar-refractivity contribution in [3.8, 4) is 5.75 Å². The smallest absolute Gasteiger partial charge is 0.122 e. The number of anilines is 1. The number of H-pyrrole nitrogens is 1. The zero-order valence-electron chi connectivity index (χ0n) is 16.8. The molecule has 152 valence electrons. The summed E-state index contributed by atoms with van der Waals surface area (Å²) in [6.07, 6.45) is 4.42. The van der Waals surface area contributed by atoms with Gasteiger partial charge < -0.3 is 15.2 Å². The van der Waals surface area contributed by atoms with E-state index >= 15 is 0 Å². The maximum absolute atomic E-state index is 9.04. The minimum atomic E-state index is 0.0392. The van der Waals surface area contributed by atoms with Crippen LogP contribution in [0.25, 0.3) is 10.9 Å². The molecule has 2 bridgehead atoms. The lowest BCUT2D eigenvalue weighted by Gasteiger charge is -2.28. The first-order valence-electron chi connectivity index (χ1n) is 10.5. The first-order chi connectivity index (χ1) is 14.2. The molecule has 3 atom stereocenters. The number of aromatic amines is 1. The number of benzene rings is 2. The van der Waals surface area contributed by atoms with Gasteiger partial charge in [-0.2, -0.15) is 5.10 Å². The summed E-state index contributed by atoms with van der Waals surface area (Å²) < 4.78 is 5.69. The van der Waals surface area contributed by atoms with Crippen molar-refractivity contribution in [2.45, 2.75) is 38.4 Å². The van der Waals surface area contributed by atoms with Crippen molar-refractivity contribution in [2.24, 2.45) is 5.92 Å². The fraction of sp³-hybridized carbons (Fsp3) is 0.435. The molecule has 1 saturated heterocycles. The summed E-state index contributed by atoms with van der Waals surface area (Å²) >= 11 is 0. The molecule has 0 spiro atoms. The van der Waals surface area contributed by atoms with E-state index in [9.17, 15) is 0 Å². The van der Waals surface area contributed by atoms with Crippen molar-refractivity contribution in [1.29, 1.82) is 0 Å². The summed E-state index contributed by atoms with van der Waals surface area (Å²) in [6, 6.07) is 13.9. The fourth-order valence-corrected chi connectivity index (χ4v) is 5.02. The number of aromatic nitrogens is 2. The van der Waals surface area contributed by atoms with Gasteiger partial charge in [-0.05, 0) is 61.1 Å². The Morgan fingerprint density at radius 2 is 2.17 bits per heavy atom. The highest BCUT2D eigenvalue weighted by atomic mass is 16.5. The molecule has 3 unspecified atom stereocenters. The lowest BCUT2D eigenvalue weighted by molar-refractivity contribution is 0.197. The van der Waals surface area contributed by atoms with Gasteiger partial charge in [0.05, 0.1) is 18.3 Å². The van der Waals surface area contributed by atoms with E-state index in [1.54, 1.807) is 0 Å². The third-order valence-corrected chi connectivity index (χ3v) is 6.45. The van der Waals surface area contributed by atoms with E-state index in [0.717, 1.165) is 35.3 Å². The van der Waals surface area contributed by atoms with Gasteiger partial charge in [0.15, 0.2) is 0 Å². The van der Waals surface area contributed by atoms with Crippen molar-refractivity contribution in [3.63, 3.8) is 0 Å². The van der Waals surface area contributed by atoms with Crippen LogP contribution in [0.1, 0.15) is 24.0 Å². The second kappa shape index (κ2) is 7.69. The summed E-state index contributed by atoms with van der Waals surface area (Å²) in [7, 11) is 0. The summed E-state index contributed by atoms with van der Waals surface area (Å²) in [4.78, 5) is 2.61. The maximum Gasteiger partial charge on any atom is 0.122 e. The zero-order chi connectivity index (χ0) is 19.8. The van der Waals surface area contributed by atoms with E-state index in [1.165, 1.54) is 24.1 Å². The molecule has 6 heteroatoms. The molecular formula is C23H28N4O2. The average molecular weight is 393 g/mol. The van der Waals surface area contributed by atoms with Crippen molar-refractivity contribution >= 4 is 16.6 Å². The number of nitrogens with zero attached hydrogens (tertiary/aromatic N) is 2. The molecule has 2 aliphatic rings. The molecule has 2 heterocycles. The second-order valence-electron chi connectivity index (χ2n) is 8.35. The zero-order valence-corrected chi connectivity index (χ0v) is 16.8. The highest BCUT2D eigenvalue weighted by molar-refractivity contribution is 5.81. The quantitative estimate of drug-likeness (QED) is 0.575. The number of nitrogens with one attached hydrogen (secondary N) is 2. The van der Waals surface area contributed by atoms with Gasteiger partial charge in [-0.15, -0.1) is 0 Å². The Kier molecular flexibility index (Phi) is 4.89. The van der Waals surface area contributed by atoms with Crippen LogP contribution >= 0.6 is 0 Å².